The van der Waals surface area contributed by atoms with Crippen molar-refractivity contribution < 1.29 is 14.3 Å². The molecular formula is C23H29N3O3S. The molecule has 0 heterocycles. The Morgan fingerprint density at radius 1 is 1.00 bits per heavy atom. The number of ether oxygens (including phenoxy) is 1. The molecule has 2 aromatic rings. The molecule has 6 nitrogen and oxygen atoms in total. The molecule has 0 fully saturated rings. The molecule has 0 saturated carbocycles. The Labute approximate surface area is 183 Å². The van der Waals surface area contributed by atoms with E-state index in [-0.39, 0.29) is 16.9 Å². The van der Waals surface area contributed by atoms with Crippen LogP contribution in [-0.2, 0) is 11.2 Å². The van der Waals surface area contributed by atoms with Crippen molar-refractivity contribution >= 4 is 34.8 Å². The van der Waals surface area contributed by atoms with Crippen molar-refractivity contribution in [1.82, 2.24) is 10.6 Å². The van der Waals surface area contributed by atoms with Gasteiger partial charge in [-0.15, -0.1) is 0 Å². The third-order valence-corrected chi connectivity index (χ3v) is 4.70. The van der Waals surface area contributed by atoms with Crippen molar-refractivity contribution in [3.05, 3.63) is 59.7 Å². The molecule has 0 saturated heterocycles. The summed E-state index contributed by atoms with van der Waals surface area (Å²) in [6.45, 7) is 2.83. The van der Waals surface area contributed by atoms with Crippen LogP contribution < -0.4 is 20.7 Å². The maximum absolute atomic E-state index is 12.4. The first-order valence-electron chi connectivity index (χ1n) is 10.2. The van der Waals surface area contributed by atoms with Crippen molar-refractivity contribution in [3.63, 3.8) is 0 Å². The van der Waals surface area contributed by atoms with Gasteiger partial charge in [-0.1, -0.05) is 31.9 Å². The lowest BCUT2D eigenvalue weighted by atomic mass is 10.1. The van der Waals surface area contributed by atoms with E-state index in [1.807, 2.05) is 24.3 Å². The van der Waals surface area contributed by atoms with E-state index in [0.29, 0.717) is 25.0 Å². The Morgan fingerprint density at radius 3 is 2.33 bits per heavy atom. The van der Waals surface area contributed by atoms with Gasteiger partial charge in [-0.25, -0.2) is 0 Å². The van der Waals surface area contributed by atoms with Crippen LogP contribution >= 0.6 is 12.2 Å². The second-order valence-corrected chi connectivity index (χ2v) is 7.27. The maximum Gasteiger partial charge on any atom is 0.257 e. The number of hydrogen-bond donors (Lipinski definition) is 3. The number of carbonyl (C=O) groups excluding carboxylic acids is 2. The van der Waals surface area contributed by atoms with E-state index in [9.17, 15) is 9.59 Å². The van der Waals surface area contributed by atoms with Crippen LogP contribution in [0.5, 0.6) is 5.75 Å². The third-order valence-electron chi connectivity index (χ3n) is 4.49. The van der Waals surface area contributed by atoms with Gasteiger partial charge in [-0.3, -0.25) is 14.9 Å². The number of carbonyl (C=O) groups is 2. The number of unbranched alkanes of at least 4 members (excludes halogenated alkanes) is 2. The van der Waals surface area contributed by atoms with Gasteiger partial charge in [0.1, 0.15) is 5.75 Å². The summed E-state index contributed by atoms with van der Waals surface area (Å²) in [7, 11) is 1.63. The van der Waals surface area contributed by atoms with E-state index in [1.165, 1.54) is 0 Å². The SMILES string of the molecule is CCCCCOc1ccc(C(=O)NC(=S)Nc2ccc(CCC(=O)NC)cc2)cc1. The molecule has 2 amide bonds. The molecule has 3 N–H and O–H groups in total. The first-order valence-corrected chi connectivity index (χ1v) is 10.6. The number of nitrogens with one attached hydrogen (secondary N) is 3. The first kappa shape index (κ1) is 23.3. The topological polar surface area (TPSA) is 79.5 Å². The smallest absolute Gasteiger partial charge is 0.257 e. The van der Waals surface area contributed by atoms with Crippen molar-refractivity contribution in [2.75, 3.05) is 19.0 Å². The molecule has 0 atom stereocenters. The van der Waals surface area contributed by atoms with Crippen LogP contribution in [0.3, 0.4) is 0 Å². The molecule has 0 spiro atoms. The Bertz CT molecular complexity index is 836. The molecule has 30 heavy (non-hydrogen) atoms. The van der Waals surface area contributed by atoms with E-state index >= 15 is 0 Å². The largest absolute Gasteiger partial charge is 0.494 e. The van der Waals surface area contributed by atoms with Crippen LogP contribution in [0.2, 0.25) is 0 Å². The standard InChI is InChI=1S/C23H29N3O3S/c1-3-4-5-16-29-20-13-9-18(10-14-20)22(28)26-23(30)25-19-11-6-17(7-12-19)8-15-21(27)24-2/h6-7,9-14H,3-5,8,15-16H2,1-2H3,(H,24,27)(H2,25,26,28,30). The zero-order valence-corrected chi connectivity index (χ0v) is 18.3. The highest BCUT2D eigenvalue weighted by molar-refractivity contribution is 7.80. The highest BCUT2D eigenvalue weighted by atomic mass is 32.1. The Hall–Kier alpha value is -2.93. The fraction of sp³-hybridized carbons (Fsp3) is 0.348. The van der Waals surface area contributed by atoms with E-state index in [2.05, 4.69) is 22.9 Å². The van der Waals surface area contributed by atoms with Crippen LogP contribution in [0.25, 0.3) is 0 Å². The second kappa shape index (κ2) is 12.6. The van der Waals surface area contributed by atoms with Crippen molar-refractivity contribution in [2.45, 2.75) is 39.0 Å². The minimum absolute atomic E-state index is 0.0113. The molecule has 0 aliphatic rings. The lowest BCUT2D eigenvalue weighted by Crippen LogP contribution is -2.34. The van der Waals surface area contributed by atoms with Gasteiger partial charge in [0, 0.05) is 24.7 Å². The quantitative estimate of drug-likeness (QED) is 0.394. The third kappa shape index (κ3) is 8.21. The Balaban J connectivity index is 1.79. The van der Waals surface area contributed by atoms with E-state index in [4.69, 9.17) is 17.0 Å². The second-order valence-electron chi connectivity index (χ2n) is 6.86. The van der Waals surface area contributed by atoms with Gasteiger partial charge in [-0.05, 0) is 67.0 Å². The minimum atomic E-state index is -0.285. The van der Waals surface area contributed by atoms with Crippen LogP contribution in [0.15, 0.2) is 48.5 Å². The highest BCUT2D eigenvalue weighted by Crippen LogP contribution is 2.14. The van der Waals surface area contributed by atoms with Crippen LogP contribution in [0, 0.1) is 0 Å². The summed E-state index contributed by atoms with van der Waals surface area (Å²) in [5, 5.41) is 8.49. The van der Waals surface area contributed by atoms with Gasteiger partial charge in [0.2, 0.25) is 5.91 Å². The number of benzene rings is 2. The van der Waals surface area contributed by atoms with Gasteiger partial charge in [0.15, 0.2) is 5.11 Å². The molecule has 7 heteroatoms. The van der Waals surface area contributed by atoms with Gasteiger partial charge >= 0.3 is 0 Å². The molecular weight excluding hydrogens is 398 g/mol. The lowest BCUT2D eigenvalue weighted by molar-refractivity contribution is -0.120. The van der Waals surface area contributed by atoms with Crippen LogP contribution in [-0.4, -0.2) is 30.6 Å². The fourth-order valence-electron chi connectivity index (χ4n) is 2.72. The van der Waals surface area contributed by atoms with Gasteiger partial charge in [0.25, 0.3) is 5.91 Å². The molecule has 0 aliphatic heterocycles. The zero-order valence-electron chi connectivity index (χ0n) is 17.5. The lowest BCUT2D eigenvalue weighted by Gasteiger charge is -2.11. The van der Waals surface area contributed by atoms with Gasteiger partial charge < -0.3 is 15.4 Å². The van der Waals surface area contributed by atoms with E-state index < -0.39 is 0 Å². The normalized spacial score (nSPS) is 10.2. The maximum atomic E-state index is 12.4. The molecule has 2 rings (SSSR count). The Morgan fingerprint density at radius 2 is 1.70 bits per heavy atom. The predicted molar refractivity (Wildman–Crippen MR) is 124 cm³/mol. The van der Waals surface area contributed by atoms with Crippen LogP contribution in [0.4, 0.5) is 5.69 Å². The molecule has 160 valence electrons. The summed E-state index contributed by atoms with van der Waals surface area (Å²) in [5.41, 5.74) is 2.32. The highest BCUT2D eigenvalue weighted by Gasteiger charge is 2.08. The van der Waals surface area contributed by atoms with Crippen molar-refractivity contribution in [2.24, 2.45) is 0 Å². The molecule has 0 radical (unpaired) electrons. The molecule has 0 bridgehead atoms. The number of aryl methyl sites for hydroxylation is 1. The summed E-state index contributed by atoms with van der Waals surface area (Å²) in [6, 6.07) is 14.6. The average Bonchev–Trinajstić information content (AvgIpc) is 2.76. The fourth-order valence-corrected chi connectivity index (χ4v) is 2.93. The summed E-state index contributed by atoms with van der Waals surface area (Å²) in [6.07, 6.45) is 4.43. The number of hydrogen-bond acceptors (Lipinski definition) is 4. The predicted octanol–water partition coefficient (Wildman–Crippen LogP) is 4.06. The summed E-state index contributed by atoms with van der Waals surface area (Å²) in [5.74, 6) is 0.476. The number of amides is 2. The summed E-state index contributed by atoms with van der Waals surface area (Å²) >= 11 is 5.23. The van der Waals surface area contributed by atoms with E-state index in [0.717, 1.165) is 36.3 Å². The van der Waals surface area contributed by atoms with Crippen LogP contribution in [0.1, 0.15) is 48.5 Å². The average molecular weight is 428 g/mol. The Kier molecular flexibility index (Phi) is 9.80. The minimum Gasteiger partial charge on any atom is -0.494 e. The molecule has 0 aromatic heterocycles. The van der Waals surface area contributed by atoms with Gasteiger partial charge in [-0.2, -0.15) is 0 Å². The van der Waals surface area contributed by atoms with Gasteiger partial charge in [0.05, 0.1) is 6.61 Å². The number of anilines is 1. The molecule has 0 aliphatic carbocycles. The first-order chi connectivity index (χ1) is 14.5. The monoisotopic (exact) mass is 427 g/mol. The summed E-state index contributed by atoms with van der Waals surface area (Å²) in [4.78, 5) is 23.7. The zero-order chi connectivity index (χ0) is 21.8. The number of rotatable bonds is 10. The van der Waals surface area contributed by atoms with Crippen molar-refractivity contribution in [1.29, 1.82) is 0 Å². The van der Waals surface area contributed by atoms with Crippen molar-refractivity contribution in [3.8, 4) is 5.75 Å². The number of thiocarbonyl (C=S) groups is 1. The molecule has 0 unspecified atom stereocenters. The summed E-state index contributed by atoms with van der Waals surface area (Å²) < 4.78 is 5.66. The molecule has 2 aromatic carbocycles. The van der Waals surface area contributed by atoms with E-state index in [1.54, 1.807) is 31.3 Å².